The summed E-state index contributed by atoms with van der Waals surface area (Å²) < 4.78 is 20.3. The Morgan fingerprint density at radius 2 is 1.71 bits per heavy atom. The number of carbonyl (C=O) groups is 2. The largest absolute Gasteiger partial charge is 0.454 e. The van der Waals surface area contributed by atoms with Gasteiger partial charge in [-0.25, -0.2) is 0 Å². The third-order valence-electron chi connectivity index (χ3n) is 2.17. The molecule has 0 saturated carbocycles. The van der Waals surface area contributed by atoms with Gasteiger partial charge in [0.15, 0.2) is 24.6 Å². The molecule has 0 N–H and O–H groups in total. The summed E-state index contributed by atoms with van der Waals surface area (Å²) in [7, 11) is 1.38. The molecule has 0 bridgehead atoms. The third kappa shape index (κ3) is 3.19. The summed E-state index contributed by atoms with van der Waals surface area (Å²) in [6.45, 7) is 2.47. The first-order valence-corrected chi connectivity index (χ1v) is 4.98. The molecule has 1 aliphatic heterocycles. The molecule has 0 aromatic heterocycles. The molecule has 94 valence electrons. The Kier molecular flexibility index (Phi) is 4.49. The van der Waals surface area contributed by atoms with E-state index in [2.05, 4.69) is 5.92 Å². The number of ether oxygens (including phenoxy) is 4. The van der Waals surface area contributed by atoms with Gasteiger partial charge in [0, 0.05) is 21.0 Å². The molecule has 1 saturated heterocycles. The van der Waals surface area contributed by atoms with Crippen molar-refractivity contribution >= 4 is 11.9 Å². The molecule has 0 aromatic rings. The maximum absolute atomic E-state index is 11.0. The highest BCUT2D eigenvalue weighted by molar-refractivity contribution is 5.67. The minimum Gasteiger partial charge on any atom is -0.454 e. The molecule has 0 aliphatic carbocycles. The van der Waals surface area contributed by atoms with E-state index in [1.165, 1.54) is 21.0 Å². The van der Waals surface area contributed by atoms with Gasteiger partial charge in [0.1, 0.15) is 0 Å². The van der Waals surface area contributed by atoms with Crippen LogP contribution in [0.3, 0.4) is 0 Å². The van der Waals surface area contributed by atoms with Crippen molar-refractivity contribution in [1.82, 2.24) is 0 Å². The number of hydrogen-bond acceptors (Lipinski definition) is 6. The molecule has 1 rings (SSSR count). The average Bonchev–Trinajstić information content (AvgIpc) is 2.55. The summed E-state index contributed by atoms with van der Waals surface area (Å²) in [6, 6.07) is 0. The Morgan fingerprint density at radius 3 is 2.12 bits per heavy atom. The third-order valence-corrected chi connectivity index (χ3v) is 2.17. The molecule has 6 heteroatoms. The van der Waals surface area contributed by atoms with Gasteiger partial charge in [-0.15, -0.1) is 6.42 Å². The number of esters is 2. The van der Waals surface area contributed by atoms with Crippen LogP contribution in [0, 0.1) is 12.3 Å². The van der Waals surface area contributed by atoms with Crippen molar-refractivity contribution in [1.29, 1.82) is 0 Å². The summed E-state index contributed by atoms with van der Waals surface area (Å²) in [5.74, 6) is 1.25. The van der Waals surface area contributed by atoms with Crippen molar-refractivity contribution in [2.75, 3.05) is 7.11 Å². The van der Waals surface area contributed by atoms with Crippen LogP contribution in [0.25, 0.3) is 0 Å². The van der Waals surface area contributed by atoms with Crippen LogP contribution in [0.15, 0.2) is 0 Å². The Bertz CT molecular complexity index is 344. The lowest BCUT2D eigenvalue weighted by atomic mass is 10.1. The van der Waals surface area contributed by atoms with E-state index in [-0.39, 0.29) is 0 Å². The van der Waals surface area contributed by atoms with Crippen LogP contribution in [0.2, 0.25) is 0 Å². The van der Waals surface area contributed by atoms with Crippen LogP contribution in [0.5, 0.6) is 0 Å². The molecular weight excluding hydrogens is 228 g/mol. The topological polar surface area (TPSA) is 71.1 Å². The van der Waals surface area contributed by atoms with E-state index >= 15 is 0 Å². The number of carbonyl (C=O) groups excluding carboxylic acids is 2. The van der Waals surface area contributed by atoms with Gasteiger partial charge in [0.2, 0.25) is 0 Å². The number of methoxy groups -OCH3 is 1. The van der Waals surface area contributed by atoms with Gasteiger partial charge in [-0.05, 0) is 0 Å². The quantitative estimate of drug-likeness (QED) is 0.506. The van der Waals surface area contributed by atoms with Gasteiger partial charge in [0.05, 0.1) is 0 Å². The summed E-state index contributed by atoms with van der Waals surface area (Å²) in [5.41, 5.74) is 0. The molecule has 1 fully saturated rings. The van der Waals surface area contributed by atoms with Gasteiger partial charge in [-0.1, -0.05) is 5.92 Å². The average molecular weight is 242 g/mol. The molecule has 6 nitrogen and oxygen atoms in total. The monoisotopic (exact) mass is 242 g/mol. The molecule has 4 unspecified atom stereocenters. The van der Waals surface area contributed by atoms with Crippen LogP contribution in [-0.2, 0) is 28.5 Å². The Hall–Kier alpha value is -1.58. The van der Waals surface area contributed by atoms with E-state index < -0.39 is 36.5 Å². The second-order valence-corrected chi connectivity index (χ2v) is 3.48. The molecule has 17 heavy (non-hydrogen) atoms. The minimum absolute atomic E-state index is 0.532. The van der Waals surface area contributed by atoms with Crippen LogP contribution in [0.4, 0.5) is 0 Å². The van der Waals surface area contributed by atoms with Gasteiger partial charge < -0.3 is 18.9 Å². The highest BCUT2D eigenvalue weighted by Gasteiger charge is 2.48. The molecule has 0 spiro atoms. The van der Waals surface area contributed by atoms with Crippen molar-refractivity contribution in [3.8, 4) is 12.3 Å². The van der Waals surface area contributed by atoms with E-state index in [9.17, 15) is 9.59 Å². The maximum Gasteiger partial charge on any atom is 0.303 e. The fourth-order valence-corrected chi connectivity index (χ4v) is 1.59. The lowest BCUT2D eigenvalue weighted by Crippen LogP contribution is -2.39. The number of hydrogen-bond donors (Lipinski definition) is 0. The predicted octanol–water partition coefficient (Wildman–Crippen LogP) is -0.146. The van der Waals surface area contributed by atoms with E-state index in [0.717, 1.165) is 0 Å². The van der Waals surface area contributed by atoms with Crippen molar-refractivity contribution in [3.05, 3.63) is 0 Å². The number of terminal acetylenes is 1. The van der Waals surface area contributed by atoms with Crippen LogP contribution >= 0.6 is 0 Å². The molecule has 0 radical (unpaired) electrons. The normalized spacial score (nSPS) is 31.6. The molecule has 1 heterocycles. The molecule has 0 amide bonds. The second-order valence-electron chi connectivity index (χ2n) is 3.48. The first kappa shape index (κ1) is 13.5. The van der Waals surface area contributed by atoms with Crippen LogP contribution in [0.1, 0.15) is 13.8 Å². The van der Waals surface area contributed by atoms with Gasteiger partial charge >= 0.3 is 11.9 Å². The van der Waals surface area contributed by atoms with Crippen molar-refractivity contribution in [3.63, 3.8) is 0 Å². The van der Waals surface area contributed by atoms with Crippen LogP contribution < -0.4 is 0 Å². The van der Waals surface area contributed by atoms with E-state index in [1.54, 1.807) is 0 Å². The molecular formula is C11H14O6. The zero-order valence-electron chi connectivity index (χ0n) is 9.84. The lowest BCUT2D eigenvalue weighted by molar-refractivity contribution is -0.179. The van der Waals surface area contributed by atoms with Crippen molar-refractivity contribution in [2.45, 2.75) is 38.4 Å². The van der Waals surface area contributed by atoms with Crippen molar-refractivity contribution in [2.24, 2.45) is 0 Å². The van der Waals surface area contributed by atoms with Gasteiger partial charge in [0.25, 0.3) is 0 Å². The molecule has 0 aromatic carbocycles. The lowest BCUT2D eigenvalue weighted by Gasteiger charge is -2.21. The summed E-state index contributed by atoms with van der Waals surface area (Å²) in [4.78, 5) is 21.9. The Labute approximate surface area is 99.2 Å². The highest BCUT2D eigenvalue weighted by Crippen LogP contribution is 2.27. The second kappa shape index (κ2) is 5.66. The molecule has 4 atom stereocenters. The fourth-order valence-electron chi connectivity index (χ4n) is 1.59. The standard InChI is InChI=1S/C11H14O6/c1-5-8-9(15-6(2)12)10(16-7(3)13)11(14-4)17-8/h1,8-11H,2-4H3. The smallest absolute Gasteiger partial charge is 0.303 e. The van der Waals surface area contributed by atoms with Crippen molar-refractivity contribution < 1.29 is 28.5 Å². The fraction of sp³-hybridized carbons (Fsp3) is 0.636. The highest BCUT2D eigenvalue weighted by atomic mass is 16.7. The predicted molar refractivity (Wildman–Crippen MR) is 55.6 cm³/mol. The minimum atomic E-state index is -0.859. The van der Waals surface area contributed by atoms with E-state index in [4.69, 9.17) is 25.4 Å². The summed E-state index contributed by atoms with van der Waals surface area (Å²) >= 11 is 0. The summed E-state index contributed by atoms with van der Waals surface area (Å²) in [6.07, 6.45) is 1.89. The SMILES string of the molecule is C#CC1OC(OC)C(OC(C)=O)C1OC(C)=O. The zero-order valence-corrected chi connectivity index (χ0v) is 9.84. The summed E-state index contributed by atoms with van der Waals surface area (Å²) in [5, 5.41) is 0. The molecule has 1 aliphatic rings. The van der Waals surface area contributed by atoms with E-state index in [0.29, 0.717) is 0 Å². The van der Waals surface area contributed by atoms with Crippen LogP contribution in [-0.4, -0.2) is 43.7 Å². The Morgan fingerprint density at radius 1 is 1.18 bits per heavy atom. The number of rotatable bonds is 3. The maximum atomic E-state index is 11.0. The zero-order chi connectivity index (χ0) is 13.0. The van der Waals surface area contributed by atoms with Gasteiger partial charge in [-0.3, -0.25) is 9.59 Å². The Balaban J connectivity index is 2.87. The van der Waals surface area contributed by atoms with E-state index in [1.807, 2.05) is 0 Å². The van der Waals surface area contributed by atoms with Gasteiger partial charge in [-0.2, -0.15) is 0 Å². The first-order valence-electron chi connectivity index (χ1n) is 4.98. The first-order chi connectivity index (χ1) is 7.99.